The van der Waals surface area contributed by atoms with E-state index in [4.69, 9.17) is 0 Å². The first-order valence-electron chi connectivity index (χ1n) is 16.4. The van der Waals surface area contributed by atoms with E-state index in [1.54, 1.807) is 34.2 Å². The van der Waals surface area contributed by atoms with Crippen LogP contribution >= 0.6 is 32.7 Å². The van der Waals surface area contributed by atoms with E-state index in [9.17, 15) is 0 Å². The second-order valence-corrected chi connectivity index (χ2v) is 18.8. The average Bonchev–Trinajstić information content (AvgIpc) is 3.62. The molecule has 222 valence electrons. The Morgan fingerprint density at radius 3 is 1.85 bits per heavy atom. The van der Waals surface area contributed by atoms with E-state index < -0.39 is 10.0 Å². The minimum atomic E-state index is -1.28. The van der Waals surface area contributed by atoms with E-state index >= 15 is 0 Å². The predicted octanol–water partition coefficient (Wildman–Crippen LogP) is 13.8. The Labute approximate surface area is 256 Å². The highest BCUT2D eigenvalue weighted by Crippen LogP contribution is 2.79. The minimum Gasteiger partial charge on any atom is -0.157 e. The first kappa shape index (κ1) is 31.9. The van der Waals surface area contributed by atoms with Gasteiger partial charge in [0, 0.05) is 19.5 Å². The number of hydrogen-bond acceptors (Lipinski definition) is 2. The number of benzene rings is 1. The van der Waals surface area contributed by atoms with Crippen molar-refractivity contribution in [3.05, 3.63) is 52.2 Å². The van der Waals surface area contributed by atoms with Crippen molar-refractivity contribution in [1.29, 1.82) is 0 Å². The first-order valence-corrected chi connectivity index (χ1v) is 19.8. The van der Waals surface area contributed by atoms with E-state index in [0.29, 0.717) is 5.92 Å². The van der Waals surface area contributed by atoms with Crippen LogP contribution in [-0.2, 0) is 5.41 Å². The summed E-state index contributed by atoms with van der Waals surface area (Å²) in [5, 5.41) is 0. The van der Waals surface area contributed by atoms with E-state index in [-0.39, 0.29) is 5.41 Å². The molecule has 2 unspecified atom stereocenters. The fraction of sp³-hybridized carbons (Fsp3) is 0.622. The third kappa shape index (κ3) is 7.12. The highest BCUT2D eigenvalue weighted by Gasteiger charge is 2.45. The Bertz CT molecular complexity index is 1180. The maximum absolute atomic E-state index is 2.67. The summed E-state index contributed by atoms with van der Waals surface area (Å²) in [6, 6.07) is 17.1. The smallest absolute Gasteiger partial charge is 0.0584 e. The van der Waals surface area contributed by atoms with Gasteiger partial charge in [0.1, 0.15) is 0 Å². The van der Waals surface area contributed by atoms with Gasteiger partial charge in [-0.2, -0.15) is 10.0 Å². The lowest BCUT2D eigenvalue weighted by Gasteiger charge is -2.41. The van der Waals surface area contributed by atoms with Crippen LogP contribution in [0.5, 0.6) is 0 Å². The standard InChI is InChI=1S/C37H56S3/c1-8-10-12-14-15-18-22-29(21-17-13-11-9-2)27-40(30-23-19-16-20-24-30)32-25-31(28(3)4)38-35(32)36-33(40)26-34(39-36)37(5,6)7/h16,19-20,23-26,28-29H,8-15,17-18,21-22,27H2,1-7H3. The van der Waals surface area contributed by atoms with Crippen LogP contribution in [0.4, 0.5) is 0 Å². The molecular weight excluding hydrogens is 541 g/mol. The quantitative estimate of drug-likeness (QED) is 0.144. The van der Waals surface area contributed by atoms with E-state index in [1.165, 1.54) is 82.8 Å². The molecule has 2 atom stereocenters. The number of fused-ring (bicyclic) bond motifs is 3. The van der Waals surface area contributed by atoms with Crippen LogP contribution in [0.1, 0.15) is 141 Å². The Morgan fingerprint density at radius 2 is 1.25 bits per heavy atom. The van der Waals surface area contributed by atoms with Crippen molar-refractivity contribution in [2.75, 3.05) is 5.75 Å². The van der Waals surface area contributed by atoms with Gasteiger partial charge in [-0.05, 0) is 65.0 Å². The van der Waals surface area contributed by atoms with Gasteiger partial charge in [-0.3, -0.25) is 0 Å². The topological polar surface area (TPSA) is 0 Å². The summed E-state index contributed by atoms with van der Waals surface area (Å²) >= 11 is 4.21. The van der Waals surface area contributed by atoms with Crippen molar-refractivity contribution in [3.63, 3.8) is 0 Å². The van der Waals surface area contributed by atoms with Gasteiger partial charge < -0.3 is 0 Å². The van der Waals surface area contributed by atoms with Gasteiger partial charge >= 0.3 is 0 Å². The Hall–Kier alpha value is -1.03. The number of rotatable bonds is 16. The molecule has 2 aromatic heterocycles. The molecule has 0 aliphatic carbocycles. The lowest BCUT2D eigenvalue weighted by atomic mass is 9.95. The van der Waals surface area contributed by atoms with Crippen molar-refractivity contribution in [3.8, 4) is 9.75 Å². The molecular formula is C37H56S3. The summed E-state index contributed by atoms with van der Waals surface area (Å²) in [5.74, 6) is 2.73. The van der Waals surface area contributed by atoms with Crippen LogP contribution in [0.3, 0.4) is 0 Å². The van der Waals surface area contributed by atoms with Gasteiger partial charge in [0.05, 0.1) is 9.75 Å². The van der Waals surface area contributed by atoms with Crippen molar-refractivity contribution >= 4 is 32.7 Å². The third-order valence-electron chi connectivity index (χ3n) is 8.74. The molecule has 3 aromatic rings. The minimum absolute atomic E-state index is 0.188. The summed E-state index contributed by atoms with van der Waals surface area (Å²) in [7, 11) is -1.28. The van der Waals surface area contributed by atoms with E-state index in [2.05, 4.69) is 114 Å². The van der Waals surface area contributed by atoms with Crippen LogP contribution in [0.2, 0.25) is 0 Å². The van der Waals surface area contributed by atoms with Crippen molar-refractivity contribution in [1.82, 2.24) is 0 Å². The second-order valence-electron chi connectivity index (χ2n) is 13.5. The van der Waals surface area contributed by atoms with Gasteiger partial charge in [0.2, 0.25) is 0 Å². The molecule has 3 heteroatoms. The number of unbranched alkanes of at least 4 members (excludes halogenated alkanes) is 8. The maximum atomic E-state index is 2.67. The molecule has 0 saturated carbocycles. The average molecular weight is 597 g/mol. The monoisotopic (exact) mass is 596 g/mol. The molecule has 1 aliphatic rings. The molecule has 3 heterocycles. The fourth-order valence-electron chi connectivity index (χ4n) is 6.29. The van der Waals surface area contributed by atoms with Gasteiger partial charge in [-0.1, -0.05) is 131 Å². The molecule has 4 rings (SSSR count). The molecule has 0 N–H and O–H groups in total. The summed E-state index contributed by atoms with van der Waals surface area (Å²) < 4.78 is 0. The van der Waals surface area contributed by atoms with Gasteiger partial charge in [0.25, 0.3) is 0 Å². The summed E-state index contributed by atoms with van der Waals surface area (Å²) in [6.07, 6.45) is 16.7. The highest BCUT2D eigenvalue weighted by molar-refractivity contribution is 8.34. The first-order chi connectivity index (χ1) is 19.2. The van der Waals surface area contributed by atoms with Crippen LogP contribution < -0.4 is 0 Å². The second kappa shape index (κ2) is 14.4. The number of thiophene rings is 2. The lowest BCUT2D eigenvalue weighted by molar-refractivity contribution is 0.438. The molecule has 0 fully saturated rings. The van der Waals surface area contributed by atoms with Crippen LogP contribution in [0.15, 0.2) is 57.2 Å². The highest BCUT2D eigenvalue weighted by atomic mass is 32.3. The number of hydrogen-bond donors (Lipinski definition) is 0. The zero-order valence-electron chi connectivity index (χ0n) is 26.6. The summed E-state index contributed by atoms with van der Waals surface area (Å²) in [5.41, 5.74) is 0.188. The molecule has 0 bridgehead atoms. The molecule has 0 saturated heterocycles. The SMILES string of the molecule is CCCCCCCCC(CCCCCC)CS1(c2ccccc2)c2cc(C(C)C)sc2-c2sc(C(C)(C)C)cc21. The largest absolute Gasteiger partial charge is 0.157 e. The lowest BCUT2D eigenvalue weighted by Crippen LogP contribution is -2.15. The summed E-state index contributed by atoms with van der Waals surface area (Å²) in [6.45, 7) is 16.6. The molecule has 0 nitrogen and oxygen atoms in total. The molecule has 0 amide bonds. The molecule has 1 aliphatic heterocycles. The van der Waals surface area contributed by atoms with E-state index in [0.717, 1.165) is 5.92 Å². The van der Waals surface area contributed by atoms with Crippen molar-refractivity contribution in [2.24, 2.45) is 5.92 Å². The van der Waals surface area contributed by atoms with E-state index in [1.807, 2.05) is 0 Å². The van der Waals surface area contributed by atoms with Crippen LogP contribution in [-0.4, -0.2) is 5.75 Å². The zero-order valence-corrected chi connectivity index (χ0v) is 29.1. The third-order valence-corrected chi connectivity index (χ3v) is 16.4. The Balaban J connectivity index is 1.77. The Morgan fingerprint density at radius 1 is 0.700 bits per heavy atom. The predicted molar refractivity (Wildman–Crippen MR) is 184 cm³/mol. The van der Waals surface area contributed by atoms with Crippen LogP contribution in [0, 0.1) is 5.92 Å². The Kier molecular flexibility index (Phi) is 11.5. The normalized spacial score (nSPS) is 19.0. The van der Waals surface area contributed by atoms with Crippen molar-refractivity contribution in [2.45, 2.75) is 152 Å². The molecule has 1 aromatic carbocycles. The van der Waals surface area contributed by atoms with Gasteiger partial charge in [-0.25, -0.2) is 0 Å². The van der Waals surface area contributed by atoms with Crippen molar-refractivity contribution < 1.29 is 0 Å². The van der Waals surface area contributed by atoms with Gasteiger partial charge in [0.15, 0.2) is 0 Å². The molecule has 0 radical (unpaired) electrons. The van der Waals surface area contributed by atoms with Gasteiger partial charge in [-0.15, -0.1) is 22.7 Å². The van der Waals surface area contributed by atoms with Crippen LogP contribution in [0.25, 0.3) is 9.75 Å². The molecule has 40 heavy (non-hydrogen) atoms. The fourth-order valence-corrected chi connectivity index (χ4v) is 14.4. The molecule has 0 spiro atoms. The zero-order chi connectivity index (χ0) is 28.8. The maximum Gasteiger partial charge on any atom is 0.0584 e. The summed E-state index contributed by atoms with van der Waals surface area (Å²) in [4.78, 5) is 11.4.